The molecule has 112 valence electrons. The number of hydrogen-bond acceptors (Lipinski definition) is 3. The molecule has 0 radical (unpaired) electrons. The van der Waals surface area contributed by atoms with E-state index in [-0.39, 0.29) is 15.8 Å². The Morgan fingerprint density at radius 3 is 2.60 bits per heavy atom. The highest BCUT2D eigenvalue weighted by Gasteiger charge is 2.19. The van der Waals surface area contributed by atoms with E-state index in [9.17, 15) is 13.2 Å². The van der Waals surface area contributed by atoms with Crippen molar-refractivity contribution in [2.24, 2.45) is 0 Å². The summed E-state index contributed by atoms with van der Waals surface area (Å²) in [6.45, 7) is 2.67. The van der Waals surface area contributed by atoms with Crippen molar-refractivity contribution in [2.45, 2.75) is 24.7 Å². The highest BCUT2D eigenvalue weighted by atomic mass is 35.5. The molecular formula is C13H19ClN2O3S. The molecule has 0 aromatic heterocycles. The van der Waals surface area contributed by atoms with Crippen LogP contribution >= 0.6 is 11.6 Å². The summed E-state index contributed by atoms with van der Waals surface area (Å²) in [5.74, 6) is -0.220. The molecule has 0 heterocycles. The fourth-order valence-electron chi connectivity index (χ4n) is 1.67. The third-order valence-corrected chi connectivity index (χ3v) is 4.83. The van der Waals surface area contributed by atoms with Crippen LogP contribution in [-0.4, -0.2) is 39.9 Å². The molecular weight excluding hydrogens is 300 g/mol. The first-order valence-electron chi connectivity index (χ1n) is 6.32. The molecule has 0 aliphatic rings. The maximum atomic E-state index is 12.2. The topological polar surface area (TPSA) is 66.5 Å². The highest BCUT2D eigenvalue weighted by Crippen LogP contribution is 2.23. The quantitative estimate of drug-likeness (QED) is 0.873. The lowest BCUT2D eigenvalue weighted by Gasteiger charge is -2.17. The average Bonchev–Trinajstić information content (AvgIpc) is 2.44. The number of nitrogens with zero attached hydrogens (tertiary/aromatic N) is 1. The summed E-state index contributed by atoms with van der Waals surface area (Å²) in [6.07, 6.45) is 1.88. The summed E-state index contributed by atoms with van der Waals surface area (Å²) in [7, 11) is -0.688. The smallest absolute Gasteiger partial charge is 0.253 e. The van der Waals surface area contributed by atoms with Gasteiger partial charge in [0, 0.05) is 19.2 Å². The van der Waals surface area contributed by atoms with Gasteiger partial charge >= 0.3 is 0 Å². The van der Waals surface area contributed by atoms with E-state index in [1.54, 1.807) is 11.9 Å². The molecule has 0 saturated heterocycles. The van der Waals surface area contributed by atoms with Gasteiger partial charge in [0.2, 0.25) is 10.0 Å². The van der Waals surface area contributed by atoms with Crippen molar-refractivity contribution in [3.8, 4) is 0 Å². The molecule has 7 heteroatoms. The number of rotatable bonds is 6. The van der Waals surface area contributed by atoms with E-state index in [1.165, 1.54) is 25.2 Å². The third-order valence-electron chi connectivity index (χ3n) is 2.93. The fraction of sp³-hybridized carbons (Fsp3) is 0.462. The molecule has 0 aliphatic heterocycles. The van der Waals surface area contributed by atoms with Gasteiger partial charge in [-0.25, -0.2) is 13.1 Å². The minimum Gasteiger partial charge on any atom is -0.342 e. The van der Waals surface area contributed by atoms with Crippen LogP contribution in [0.3, 0.4) is 0 Å². The lowest BCUT2D eigenvalue weighted by molar-refractivity contribution is 0.0793. The van der Waals surface area contributed by atoms with E-state index in [4.69, 9.17) is 11.6 Å². The second-order valence-electron chi connectivity index (χ2n) is 4.43. The fourth-order valence-corrected chi connectivity index (χ4v) is 2.92. The number of amides is 1. The molecule has 1 rings (SSSR count). The summed E-state index contributed by atoms with van der Waals surface area (Å²) in [5.41, 5.74) is 0.307. The molecule has 1 N–H and O–H groups in total. The van der Waals surface area contributed by atoms with E-state index in [2.05, 4.69) is 4.72 Å². The number of hydrogen-bond donors (Lipinski definition) is 1. The third kappa shape index (κ3) is 3.94. The number of nitrogens with one attached hydrogen (secondary N) is 1. The molecule has 5 nitrogen and oxygen atoms in total. The zero-order valence-electron chi connectivity index (χ0n) is 11.8. The second-order valence-corrected chi connectivity index (χ2v) is 6.70. The largest absolute Gasteiger partial charge is 0.342 e. The van der Waals surface area contributed by atoms with Crippen LogP contribution in [0.5, 0.6) is 0 Å². The molecule has 0 aliphatic carbocycles. The van der Waals surface area contributed by atoms with Crippen molar-refractivity contribution < 1.29 is 13.2 Å². The minimum absolute atomic E-state index is 0.0867. The summed E-state index contributed by atoms with van der Waals surface area (Å²) < 4.78 is 25.8. The van der Waals surface area contributed by atoms with Crippen LogP contribution in [0.2, 0.25) is 5.02 Å². The lowest BCUT2D eigenvalue weighted by Crippen LogP contribution is -2.28. The standard InChI is InChI=1S/C13H19ClN2O3S/c1-4-5-8-16(3)13(17)10-6-7-11(14)12(9-10)20(18,19)15-2/h6-7,9,15H,4-5,8H2,1-3H3. The van der Waals surface area contributed by atoms with Crippen LogP contribution in [0.15, 0.2) is 23.1 Å². The van der Waals surface area contributed by atoms with Gasteiger partial charge in [0.25, 0.3) is 5.91 Å². The van der Waals surface area contributed by atoms with Crippen molar-refractivity contribution >= 4 is 27.5 Å². The Kier molecular flexibility index (Phi) is 5.98. The van der Waals surface area contributed by atoms with Gasteiger partial charge in [-0.2, -0.15) is 0 Å². The number of carbonyl (C=O) groups excluding carboxylic acids is 1. The Hall–Kier alpha value is -1.11. The van der Waals surface area contributed by atoms with Crippen molar-refractivity contribution in [2.75, 3.05) is 20.6 Å². The van der Waals surface area contributed by atoms with Crippen molar-refractivity contribution in [3.63, 3.8) is 0 Å². The van der Waals surface area contributed by atoms with Crippen LogP contribution in [-0.2, 0) is 10.0 Å². The van der Waals surface area contributed by atoms with Gasteiger partial charge in [-0.1, -0.05) is 24.9 Å². The van der Waals surface area contributed by atoms with Crippen LogP contribution < -0.4 is 4.72 Å². The monoisotopic (exact) mass is 318 g/mol. The molecule has 1 amide bonds. The van der Waals surface area contributed by atoms with Crippen LogP contribution in [0.1, 0.15) is 30.1 Å². The number of unbranched alkanes of at least 4 members (excludes halogenated alkanes) is 1. The van der Waals surface area contributed by atoms with Crippen LogP contribution in [0, 0.1) is 0 Å². The highest BCUT2D eigenvalue weighted by molar-refractivity contribution is 7.89. The number of halogens is 1. The van der Waals surface area contributed by atoms with E-state index < -0.39 is 10.0 Å². The zero-order chi connectivity index (χ0) is 15.3. The number of sulfonamides is 1. The second kappa shape index (κ2) is 7.06. The van der Waals surface area contributed by atoms with Crippen LogP contribution in [0.25, 0.3) is 0 Å². The molecule has 0 spiro atoms. The summed E-state index contributed by atoms with van der Waals surface area (Å²) in [4.78, 5) is 13.7. The van der Waals surface area contributed by atoms with E-state index in [0.717, 1.165) is 12.8 Å². The first-order valence-corrected chi connectivity index (χ1v) is 8.18. The van der Waals surface area contributed by atoms with Crippen molar-refractivity contribution in [1.82, 2.24) is 9.62 Å². The molecule has 0 bridgehead atoms. The van der Waals surface area contributed by atoms with Crippen molar-refractivity contribution in [3.05, 3.63) is 28.8 Å². The summed E-state index contributed by atoms with van der Waals surface area (Å²) in [5, 5.41) is 0.0899. The maximum Gasteiger partial charge on any atom is 0.253 e. The van der Waals surface area contributed by atoms with Gasteiger partial charge in [-0.15, -0.1) is 0 Å². The van der Waals surface area contributed by atoms with E-state index in [1.807, 2.05) is 6.92 Å². The maximum absolute atomic E-state index is 12.2. The predicted octanol–water partition coefficient (Wildman–Crippen LogP) is 2.12. The molecule has 0 fully saturated rings. The Balaban J connectivity index is 3.10. The van der Waals surface area contributed by atoms with Gasteiger partial charge < -0.3 is 4.90 Å². The van der Waals surface area contributed by atoms with Gasteiger partial charge in [0.15, 0.2) is 0 Å². The molecule has 1 aromatic carbocycles. The predicted molar refractivity (Wildman–Crippen MR) is 79.6 cm³/mol. The average molecular weight is 319 g/mol. The van der Waals surface area contributed by atoms with E-state index >= 15 is 0 Å². The Morgan fingerprint density at radius 1 is 1.40 bits per heavy atom. The summed E-state index contributed by atoms with van der Waals surface area (Å²) >= 11 is 5.88. The van der Waals surface area contributed by atoms with Gasteiger partial charge in [-0.05, 0) is 31.7 Å². The first-order chi connectivity index (χ1) is 9.33. The number of carbonyl (C=O) groups is 1. The van der Waals surface area contributed by atoms with Crippen LogP contribution in [0.4, 0.5) is 0 Å². The molecule has 20 heavy (non-hydrogen) atoms. The van der Waals surface area contributed by atoms with E-state index in [0.29, 0.717) is 12.1 Å². The lowest BCUT2D eigenvalue weighted by atomic mass is 10.2. The summed E-state index contributed by atoms with van der Waals surface area (Å²) in [6, 6.07) is 4.26. The van der Waals surface area contributed by atoms with Crippen molar-refractivity contribution in [1.29, 1.82) is 0 Å². The minimum atomic E-state index is -3.68. The van der Waals surface area contributed by atoms with Gasteiger partial charge in [-0.3, -0.25) is 4.79 Å². The Labute approximate surface area is 125 Å². The SMILES string of the molecule is CCCCN(C)C(=O)c1ccc(Cl)c(S(=O)(=O)NC)c1. The zero-order valence-corrected chi connectivity index (χ0v) is 13.4. The number of benzene rings is 1. The first kappa shape index (κ1) is 16.9. The molecule has 0 atom stereocenters. The molecule has 0 saturated carbocycles. The normalized spacial score (nSPS) is 11.4. The molecule has 1 aromatic rings. The molecule has 0 unspecified atom stereocenters. The van der Waals surface area contributed by atoms with Gasteiger partial charge in [0.1, 0.15) is 4.90 Å². The Bertz CT molecular complexity index is 587. The Morgan fingerprint density at radius 2 is 2.05 bits per heavy atom. The van der Waals surface area contributed by atoms with Gasteiger partial charge in [0.05, 0.1) is 5.02 Å².